The minimum absolute atomic E-state index is 0.440. The van der Waals surface area contributed by atoms with Crippen LogP contribution in [0.15, 0.2) is 16.0 Å². The third-order valence-electron chi connectivity index (χ3n) is 1.22. The molecule has 54 valence electrons. The lowest BCUT2D eigenvalue weighted by Gasteiger charge is -1.90. The van der Waals surface area contributed by atoms with Gasteiger partial charge in [0.25, 0.3) is 0 Å². The summed E-state index contributed by atoms with van der Waals surface area (Å²) in [6.45, 7) is 3.43. The largest absolute Gasteiger partial charge is 0.442 e. The molecule has 1 rings (SSSR count). The fourth-order valence-corrected chi connectivity index (χ4v) is 0.695. The monoisotopic (exact) mass is 140 g/mol. The van der Waals surface area contributed by atoms with Crippen molar-refractivity contribution in [3.8, 4) is 0 Å². The lowest BCUT2D eigenvalue weighted by Crippen LogP contribution is -1.94. The van der Waals surface area contributed by atoms with Crippen LogP contribution in [-0.2, 0) is 0 Å². The Kier molecular flexibility index (Phi) is 1.71. The van der Waals surface area contributed by atoms with Gasteiger partial charge in [0.2, 0.25) is 0 Å². The summed E-state index contributed by atoms with van der Waals surface area (Å²) in [5, 5.41) is 11.3. The molecule has 0 atom stereocenters. The summed E-state index contributed by atoms with van der Waals surface area (Å²) in [6.07, 6.45) is 1.32. The highest BCUT2D eigenvalue weighted by molar-refractivity contribution is 5.96. The minimum Gasteiger partial charge on any atom is -0.442 e. The van der Waals surface area contributed by atoms with E-state index in [-0.39, 0.29) is 0 Å². The van der Waals surface area contributed by atoms with Gasteiger partial charge >= 0.3 is 0 Å². The van der Waals surface area contributed by atoms with Gasteiger partial charge in [-0.1, -0.05) is 5.16 Å². The Labute approximate surface area is 58.2 Å². The zero-order chi connectivity index (χ0) is 7.56. The molecule has 4 heteroatoms. The smallest absolute Gasteiger partial charge is 0.181 e. The first kappa shape index (κ1) is 6.80. The van der Waals surface area contributed by atoms with E-state index in [0.29, 0.717) is 11.5 Å². The normalized spacial score (nSPS) is 12.0. The Balaban J connectivity index is 3.05. The predicted octanol–water partition coefficient (Wildman–Crippen LogP) is 1.18. The van der Waals surface area contributed by atoms with Gasteiger partial charge in [0.15, 0.2) is 12.2 Å². The quantitative estimate of drug-likeness (QED) is 0.362. The molecule has 1 aromatic heterocycles. The molecule has 1 heterocycles. The van der Waals surface area contributed by atoms with Gasteiger partial charge in [-0.25, -0.2) is 4.98 Å². The molecule has 10 heavy (non-hydrogen) atoms. The van der Waals surface area contributed by atoms with Gasteiger partial charge in [-0.15, -0.1) is 0 Å². The van der Waals surface area contributed by atoms with Crippen LogP contribution in [0.5, 0.6) is 0 Å². The number of hydrogen-bond acceptors (Lipinski definition) is 4. The highest BCUT2D eigenvalue weighted by atomic mass is 16.4. The first-order valence-electron chi connectivity index (χ1n) is 2.85. The fourth-order valence-electron chi connectivity index (χ4n) is 0.695. The van der Waals surface area contributed by atoms with Gasteiger partial charge in [0.1, 0.15) is 5.71 Å². The van der Waals surface area contributed by atoms with Crippen molar-refractivity contribution in [2.24, 2.45) is 5.16 Å². The van der Waals surface area contributed by atoms with E-state index in [0.717, 1.165) is 5.69 Å². The van der Waals surface area contributed by atoms with Crippen LogP contribution < -0.4 is 0 Å². The zero-order valence-electron chi connectivity index (χ0n) is 5.83. The van der Waals surface area contributed by atoms with E-state index in [1.807, 2.05) is 0 Å². The zero-order valence-corrected chi connectivity index (χ0v) is 5.83. The SMILES string of the molecule is C/C(=N/O)c1ocnc1C. The Hall–Kier alpha value is -1.32. The van der Waals surface area contributed by atoms with Gasteiger partial charge in [-0.05, 0) is 13.8 Å². The third kappa shape index (κ3) is 1.00. The Bertz CT molecular complexity index is 252. The van der Waals surface area contributed by atoms with Crippen LogP contribution in [0.3, 0.4) is 0 Å². The van der Waals surface area contributed by atoms with Gasteiger partial charge in [0, 0.05) is 0 Å². The lowest BCUT2D eigenvalue weighted by molar-refractivity contribution is 0.317. The van der Waals surface area contributed by atoms with Crippen molar-refractivity contribution in [1.29, 1.82) is 0 Å². The standard InChI is InChI=1S/C6H8N2O2/c1-4-6(5(2)8-9)10-3-7-4/h3,9H,1-2H3/b8-5-. The number of oxime groups is 1. The van der Waals surface area contributed by atoms with Crippen molar-refractivity contribution in [3.05, 3.63) is 17.8 Å². The average molecular weight is 140 g/mol. The highest BCUT2D eigenvalue weighted by Gasteiger charge is 2.05. The predicted molar refractivity (Wildman–Crippen MR) is 35.2 cm³/mol. The molecule has 1 aromatic rings. The Morgan fingerprint density at radius 1 is 1.80 bits per heavy atom. The summed E-state index contributed by atoms with van der Waals surface area (Å²) in [7, 11) is 0. The molecule has 4 nitrogen and oxygen atoms in total. The maximum atomic E-state index is 8.33. The number of hydrogen-bond donors (Lipinski definition) is 1. The maximum Gasteiger partial charge on any atom is 0.181 e. The van der Waals surface area contributed by atoms with Crippen molar-refractivity contribution >= 4 is 5.71 Å². The summed E-state index contributed by atoms with van der Waals surface area (Å²) in [4.78, 5) is 3.83. The first-order chi connectivity index (χ1) is 4.75. The summed E-state index contributed by atoms with van der Waals surface area (Å²) in [5.41, 5.74) is 1.17. The molecule has 0 radical (unpaired) electrons. The van der Waals surface area contributed by atoms with Crippen LogP contribution in [0, 0.1) is 6.92 Å². The van der Waals surface area contributed by atoms with Crippen molar-refractivity contribution in [2.75, 3.05) is 0 Å². The number of aryl methyl sites for hydroxylation is 1. The molecule has 0 aromatic carbocycles. The van der Waals surface area contributed by atoms with Gasteiger partial charge < -0.3 is 9.62 Å². The van der Waals surface area contributed by atoms with Crippen LogP contribution in [0.2, 0.25) is 0 Å². The molecule has 0 amide bonds. The lowest BCUT2D eigenvalue weighted by atomic mass is 10.3. The Morgan fingerprint density at radius 3 is 2.90 bits per heavy atom. The van der Waals surface area contributed by atoms with E-state index in [1.54, 1.807) is 13.8 Å². The molecule has 0 saturated carbocycles. The molecule has 0 aliphatic rings. The third-order valence-corrected chi connectivity index (χ3v) is 1.22. The topological polar surface area (TPSA) is 58.6 Å². The molecule has 0 fully saturated rings. The van der Waals surface area contributed by atoms with Crippen molar-refractivity contribution in [3.63, 3.8) is 0 Å². The van der Waals surface area contributed by atoms with Gasteiger partial charge in [-0.3, -0.25) is 0 Å². The first-order valence-corrected chi connectivity index (χ1v) is 2.85. The van der Waals surface area contributed by atoms with Gasteiger partial charge in [0.05, 0.1) is 5.69 Å². The van der Waals surface area contributed by atoms with E-state index >= 15 is 0 Å². The van der Waals surface area contributed by atoms with E-state index in [4.69, 9.17) is 9.62 Å². The highest BCUT2D eigenvalue weighted by Crippen LogP contribution is 2.05. The second-order valence-electron chi connectivity index (χ2n) is 1.95. The summed E-state index contributed by atoms with van der Waals surface area (Å²) >= 11 is 0. The average Bonchev–Trinajstić information content (AvgIpc) is 2.34. The van der Waals surface area contributed by atoms with Gasteiger partial charge in [-0.2, -0.15) is 0 Å². The molecular formula is C6H8N2O2. The number of oxazole rings is 1. The van der Waals surface area contributed by atoms with Crippen molar-refractivity contribution in [1.82, 2.24) is 4.98 Å². The van der Waals surface area contributed by atoms with Crippen LogP contribution >= 0.6 is 0 Å². The summed E-state index contributed by atoms with van der Waals surface area (Å²) in [5.74, 6) is 0.530. The number of aromatic nitrogens is 1. The fraction of sp³-hybridized carbons (Fsp3) is 0.333. The Morgan fingerprint density at radius 2 is 2.50 bits per heavy atom. The van der Waals surface area contributed by atoms with E-state index in [9.17, 15) is 0 Å². The second kappa shape index (κ2) is 2.51. The molecule has 0 unspecified atom stereocenters. The minimum atomic E-state index is 0.440. The number of nitrogens with zero attached hydrogens (tertiary/aromatic N) is 2. The van der Waals surface area contributed by atoms with Crippen molar-refractivity contribution < 1.29 is 9.62 Å². The molecule has 0 spiro atoms. The summed E-state index contributed by atoms with van der Waals surface area (Å²) in [6, 6.07) is 0. The second-order valence-corrected chi connectivity index (χ2v) is 1.95. The van der Waals surface area contributed by atoms with Crippen molar-refractivity contribution in [2.45, 2.75) is 13.8 Å². The molecule has 0 saturated heterocycles. The van der Waals surface area contributed by atoms with Crippen LogP contribution in [-0.4, -0.2) is 15.9 Å². The van der Waals surface area contributed by atoms with E-state index in [2.05, 4.69) is 10.1 Å². The molecule has 0 bridgehead atoms. The van der Waals surface area contributed by atoms with Crippen LogP contribution in [0.1, 0.15) is 18.4 Å². The molecule has 0 aliphatic carbocycles. The maximum absolute atomic E-state index is 8.33. The van der Waals surface area contributed by atoms with Crippen LogP contribution in [0.4, 0.5) is 0 Å². The summed E-state index contributed by atoms with van der Waals surface area (Å²) < 4.78 is 4.92. The number of rotatable bonds is 1. The molecular weight excluding hydrogens is 132 g/mol. The molecule has 0 aliphatic heterocycles. The van der Waals surface area contributed by atoms with E-state index < -0.39 is 0 Å². The molecule has 1 N–H and O–H groups in total. The van der Waals surface area contributed by atoms with E-state index in [1.165, 1.54) is 6.39 Å². The van der Waals surface area contributed by atoms with Crippen LogP contribution in [0.25, 0.3) is 0 Å².